The first kappa shape index (κ1) is 23.6. The van der Waals surface area contributed by atoms with Crippen LogP contribution in [0.15, 0.2) is 0 Å². The van der Waals surface area contributed by atoms with Gasteiger partial charge in [-0.15, -0.1) is 0 Å². The first-order chi connectivity index (χ1) is 14.2. The van der Waals surface area contributed by atoms with Crippen LogP contribution in [-0.2, 0) is 0 Å². The first-order valence-corrected chi connectivity index (χ1v) is 13.8. The molecule has 0 amide bonds. The third kappa shape index (κ3) is 7.24. The Kier molecular flexibility index (Phi) is 10.3. The molecule has 0 heterocycles. The maximum Gasteiger partial charge on any atom is 0.103 e. The predicted molar refractivity (Wildman–Crippen MR) is 125 cm³/mol. The fourth-order valence-corrected chi connectivity index (χ4v) is 7.35. The van der Waals surface area contributed by atoms with Gasteiger partial charge < -0.3 is 0 Å². The highest BCUT2D eigenvalue weighted by Gasteiger charge is 2.39. The van der Waals surface area contributed by atoms with E-state index < -0.39 is 6.17 Å². The van der Waals surface area contributed by atoms with Crippen molar-refractivity contribution in [2.24, 2.45) is 35.5 Å². The number of alkyl halides is 1. The maximum atomic E-state index is 15.3. The summed E-state index contributed by atoms with van der Waals surface area (Å²) < 4.78 is 15.3. The van der Waals surface area contributed by atoms with Crippen LogP contribution in [0.2, 0.25) is 0 Å². The van der Waals surface area contributed by atoms with Crippen molar-refractivity contribution in [1.29, 1.82) is 0 Å². The summed E-state index contributed by atoms with van der Waals surface area (Å²) in [5, 5.41) is 0. The second-order valence-corrected chi connectivity index (χ2v) is 11.3. The average molecular weight is 407 g/mol. The molecule has 3 rings (SSSR count). The Bertz CT molecular complexity index is 416. The zero-order valence-electron chi connectivity index (χ0n) is 19.9. The van der Waals surface area contributed by atoms with E-state index in [1.165, 1.54) is 116 Å². The fourth-order valence-electron chi connectivity index (χ4n) is 7.35. The first-order valence-electron chi connectivity index (χ1n) is 13.8. The third-order valence-electron chi connectivity index (χ3n) is 9.35. The van der Waals surface area contributed by atoms with Crippen molar-refractivity contribution < 1.29 is 4.39 Å². The highest BCUT2D eigenvalue weighted by Crippen LogP contribution is 2.47. The molecule has 0 spiro atoms. The molecule has 3 fully saturated rings. The molecule has 0 nitrogen and oxygen atoms in total. The van der Waals surface area contributed by atoms with Gasteiger partial charge in [0.25, 0.3) is 0 Å². The Morgan fingerprint density at radius 1 is 0.552 bits per heavy atom. The van der Waals surface area contributed by atoms with E-state index in [9.17, 15) is 0 Å². The van der Waals surface area contributed by atoms with E-state index >= 15 is 4.39 Å². The summed E-state index contributed by atoms with van der Waals surface area (Å²) in [6.45, 7) is 4.60. The molecule has 3 atom stereocenters. The van der Waals surface area contributed by atoms with Crippen LogP contribution in [0.5, 0.6) is 0 Å². The lowest BCUT2D eigenvalue weighted by atomic mass is 9.64. The summed E-state index contributed by atoms with van der Waals surface area (Å²) in [5.74, 6) is 4.63. The zero-order valence-corrected chi connectivity index (χ0v) is 19.9. The van der Waals surface area contributed by atoms with Crippen molar-refractivity contribution >= 4 is 0 Å². The van der Waals surface area contributed by atoms with Gasteiger partial charge >= 0.3 is 0 Å². The topological polar surface area (TPSA) is 0 Å². The molecule has 0 saturated heterocycles. The summed E-state index contributed by atoms with van der Waals surface area (Å²) in [6.07, 6.45) is 25.3. The molecule has 170 valence electrons. The predicted octanol–water partition coefficient (Wildman–Crippen LogP) is 9.51. The number of halogens is 1. The number of unbranched alkanes of at least 4 members (excludes halogenated alkanes) is 4. The van der Waals surface area contributed by atoms with Gasteiger partial charge in [-0.05, 0) is 80.5 Å². The summed E-state index contributed by atoms with van der Waals surface area (Å²) in [4.78, 5) is 0. The summed E-state index contributed by atoms with van der Waals surface area (Å²) in [6, 6.07) is 0. The molecule has 0 aromatic rings. The van der Waals surface area contributed by atoms with Gasteiger partial charge in [0.05, 0.1) is 0 Å². The molecule has 1 heteroatoms. The molecule has 3 aliphatic carbocycles. The van der Waals surface area contributed by atoms with Gasteiger partial charge in [-0.25, -0.2) is 4.39 Å². The van der Waals surface area contributed by atoms with Crippen molar-refractivity contribution in [2.45, 2.75) is 142 Å². The van der Waals surface area contributed by atoms with E-state index in [-0.39, 0.29) is 0 Å². The Balaban J connectivity index is 1.35. The van der Waals surface area contributed by atoms with E-state index in [2.05, 4.69) is 13.8 Å². The molecule has 3 saturated carbocycles. The van der Waals surface area contributed by atoms with Crippen molar-refractivity contribution in [1.82, 2.24) is 0 Å². The second-order valence-electron chi connectivity index (χ2n) is 11.3. The largest absolute Gasteiger partial charge is 0.247 e. The third-order valence-corrected chi connectivity index (χ3v) is 9.35. The van der Waals surface area contributed by atoms with Crippen LogP contribution in [0.3, 0.4) is 0 Å². The Hall–Kier alpha value is -0.0700. The summed E-state index contributed by atoms with van der Waals surface area (Å²) >= 11 is 0. The van der Waals surface area contributed by atoms with Gasteiger partial charge in [0.15, 0.2) is 0 Å². The maximum absolute atomic E-state index is 15.3. The normalized spacial score (nSPS) is 38.8. The van der Waals surface area contributed by atoms with Crippen LogP contribution < -0.4 is 0 Å². The van der Waals surface area contributed by atoms with Crippen molar-refractivity contribution in [2.75, 3.05) is 0 Å². The van der Waals surface area contributed by atoms with Gasteiger partial charge in [0.1, 0.15) is 6.17 Å². The van der Waals surface area contributed by atoms with Gasteiger partial charge in [0, 0.05) is 0 Å². The molecule has 0 aromatic heterocycles. The average Bonchev–Trinajstić information content (AvgIpc) is 2.75. The van der Waals surface area contributed by atoms with E-state index in [4.69, 9.17) is 0 Å². The molecule has 0 aliphatic heterocycles. The van der Waals surface area contributed by atoms with Gasteiger partial charge in [0.2, 0.25) is 0 Å². The number of hydrogen-bond donors (Lipinski definition) is 0. The lowest BCUT2D eigenvalue weighted by Crippen LogP contribution is -2.36. The quantitative estimate of drug-likeness (QED) is 0.317. The Labute approximate surface area is 182 Å². The van der Waals surface area contributed by atoms with Crippen LogP contribution in [0.4, 0.5) is 4.39 Å². The molecular formula is C28H51F. The minimum Gasteiger partial charge on any atom is -0.247 e. The van der Waals surface area contributed by atoms with Crippen molar-refractivity contribution in [3.63, 3.8) is 0 Å². The SMILES string of the molecule is CCCCCC1CCC(C2CCC(C3CCC(CCCCC)CC3)C(F)C2)CC1. The van der Waals surface area contributed by atoms with E-state index in [0.717, 1.165) is 24.2 Å². The highest BCUT2D eigenvalue weighted by atomic mass is 19.1. The minimum atomic E-state index is -0.488. The molecule has 3 aliphatic rings. The Morgan fingerprint density at radius 2 is 1.03 bits per heavy atom. The molecule has 0 aromatic carbocycles. The van der Waals surface area contributed by atoms with Crippen molar-refractivity contribution in [3.05, 3.63) is 0 Å². The van der Waals surface area contributed by atoms with Gasteiger partial charge in [-0.1, -0.05) is 90.9 Å². The van der Waals surface area contributed by atoms with Crippen LogP contribution in [0.25, 0.3) is 0 Å². The molecule has 0 bridgehead atoms. The fraction of sp³-hybridized carbons (Fsp3) is 1.00. The van der Waals surface area contributed by atoms with Gasteiger partial charge in [-0.3, -0.25) is 0 Å². The van der Waals surface area contributed by atoms with Crippen LogP contribution >= 0.6 is 0 Å². The minimum absolute atomic E-state index is 0.410. The van der Waals surface area contributed by atoms with Crippen LogP contribution in [0, 0.1) is 35.5 Å². The zero-order chi connectivity index (χ0) is 20.5. The molecule has 3 unspecified atom stereocenters. The summed E-state index contributed by atoms with van der Waals surface area (Å²) in [7, 11) is 0. The van der Waals surface area contributed by atoms with E-state index in [1.807, 2.05) is 0 Å². The standard InChI is InChI=1S/C28H51F/c1-3-5-7-9-22-11-15-24(16-12-22)26-19-20-27(28(29)21-26)25-17-13-23(14-18-25)10-8-6-4-2/h22-28H,3-21H2,1-2H3. The van der Waals surface area contributed by atoms with Crippen LogP contribution in [0.1, 0.15) is 136 Å². The van der Waals surface area contributed by atoms with E-state index in [1.54, 1.807) is 0 Å². The lowest BCUT2D eigenvalue weighted by molar-refractivity contribution is 0.0324. The lowest BCUT2D eigenvalue weighted by Gasteiger charge is -2.43. The monoisotopic (exact) mass is 406 g/mol. The Morgan fingerprint density at radius 3 is 1.52 bits per heavy atom. The highest BCUT2D eigenvalue weighted by molar-refractivity contribution is 4.90. The number of rotatable bonds is 10. The second kappa shape index (κ2) is 12.7. The van der Waals surface area contributed by atoms with Crippen molar-refractivity contribution in [3.8, 4) is 0 Å². The van der Waals surface area contributed by atoms with Gasteiger partial charge in [-0.2, -0.15) is 0 Å². The summed E-state index contributed by atoms with van der Waals surface area (Å²) in [5.41, 5.74) is 0. The molecule has 0 N–H and O–H groups in total. The molecular weight excluding hydrogens is 355 g/mol. The number of hydrogen-bond acceptors (Lipinski definition) is 0. The van der Waals surface area contributed by atoms with Crippen LogP contribution in [-0.4, -0.2) is 6.17 Å². The van der Waals surface area contributed by atoms with E-state index in [0.29, 0.717) is 17.8 Å². The molecule has 29 heavy (non-hydrogen) atoms. The molecule has 0 radical (unpaired) electrons. The smallest absolute Gasteiger partial charge is 0.103 e.